The third kappa shape index (κ3) is 3.18. The Hall–Kier alpha value is -1.84. The summed E-state index contributed by atoms with van der Waals surface area (Å²) in [7, 11) is 0. The summed E-state index contributed by atoms with van der Waals surface area (Å²) in [6.07, 6.45) is 1.20. The molecule has 0 unspecified atom stereocenters. The number of nitrogens with zero attached hydrogens (tertiary/aromatic N) is 1. The summed E-state index contributed by atoms with van der Waals surface area (Å²) in [5, 5.41) is 2.96. The maximum atomic E-state index is 12.1. The molecule has 2 rings (SSSR count). The minimum atomic E-state index is -0.239. The molecule has 1 aromatic carbocycles. The van der Waals surface area contributed by atoms with Crippen molar-refractivity contribution in [2.24, 2.45) is 5.92 Å². The number of aryl methyl sites for hydroxylation is 1. The smallest absolute Gasteiger partial charge is 0.227 e. The van der Waals surface area contributed by atoms with Crippen LogP contribution in [0, 0.1) is 12.8 Å². The van der Waals surface area contributed by atoms with E-state index in [0.29, 0.717) is 13.0 Å². The van der Waals surface area contributed by atoms with Crippen molar-refractivity contribution in [3.63, 3.8) is 0 Å². The van der Waals surface area contributed by atoms with Crippen molar-refractivity contribution in [2.45, 2.75) is 39.7 Å². The van der Waals surface area contributed by atoms with E-state index < -0.39 is 0 Å². The highest BCUT2D eigenvalue weighted by atomic mass is 16.2. The lowest BCUT2D eigenvalue weighted by Crippen LogP contribution is -2.38. The predicted molar refractivity (Wildman–Crippen MR) is 79.5 cm³/mol. The highest BCUT2D eigenvalue weighted by Gasteiger charge is 2.35. The molecule has 4 heteroatoms. The van der Waals surface area contributed by atoms with E-state index in [1.54, 1.807) is 4.90 Å². The average molecular weight is 274 g/mol. The standard InChI is InChI=1S/C16H22N2O2/c1-4-12(3)17-16(20)13-9-15(19)18(10-13)14-7-5-6-11(2)8-14/h5-8,12-13H,4,9-10H2,1-3H3,(H,17,20)/t12-,13-/m1/s1. The van der Waals surface area contributed by atoms with Crippen molar-refractivity contribution >= 4 is 17.5 Å². The zero-order valence-electron chi connectivity index (χ0n) is 12.3. The second-order valence-corrected chi connectivity index (χ2v) is 5.56. The number of amides is 2. The lowest BCUT2D eigenvalue weighted by atomic mass is 10.1. The molecule has 108 valence electrons. The fourth-order valence-electron chi connectivity index (χ4n) is 2.39. The van der Waals surface area contributed by atoms with Gasteiger partial charge in [0.25, 0.3) is 0 Å². The molecule has 1 N–H and O–H groups in total. The summed E-state index contributed by atoms with van der Waals surface area (Å²) in [5.74, 6) is -0.222. The molecule has 2 amide bonds. The van der Waals surface area contributed by atoms with E-state index >= 15 is 0 Å². The lowest BCUT2D eigenvalue weighted by molar-refractivity contribution is -0.126. The third-order valence-electron chi connectivity index (χ3n) is 3.81. The number of hydrogen-bond donors (Lipinski definition) is 1. The number of anilines is 1. The molecule has 0 aliphatic carbocycles. The van der Waals surface area contributed by atoms with Gasteiger partial charge in [0.15, 0.2) is 0 Å². The summed E-state index contributed by atoms with van der Waals surface area (Å²) >= 11 is 0. The van der Waals surface area contributed by atoms with Crippen LogP contribution in [0.5, 0.6) is 0 Å². The molecule has 0 spiro atoms. The molecule has 1 heterocycles. The first-order valence-electron chi connectivity index (χ1n) is 7.18. The first-order valence-corrected chi connectivity index (χ1v) is 7.18. The molecule has 1 saturated heterocycles. The summed E-state index contributed by atoms with van der Waals surface area (Å²) in [6, 6.07) is 7.99. The Labute approximate surface area is 120 Å². The van der Waals surface area contributed by atoms with Crippen LogP contribution in [0.2, 0.25) is 0 Å². The normalized spacial score (nSPS) is 20.1. The van der Waals surface area contributed by atoms with Crippen LogP contribution in [-0.4, -0.2) is 24.4 Å². The van der Waals surface area contributed by atoms with Crippen LogP contribution in [0.25, 0.3) is 0 Å². The van der Waals surface area contributed by atoms with Crippen LogP contribution in [0.3, 0.4) is 0 Å². The average Bonchev–Trinajstić information content (AvgIpc) is 2.80. The van der Waals surface area contributed by atoms with Crippen LogP contribution in [0.1, 0.15) is 32.3 Å². The Morgan fingerprint density at radius 3 is 2.90 bits per heavy atom. The van der Waals surface area contributed by atoms with Gasteiger partial charge in [-0.1, -0.05) is 19.1 Å². The number of benzene rings is 1. The molecule has 1 fully saturated rings. The molecule has 0 bridgehead atoms. The second-order valence-electron chi connectivity index (χ2n) is 5.56. The van der Waals surface area contributed by atoms with Crippen LogP contribution in [0.4, 0.5) is 5.69 Å². The summed E-state index contributed by atoms with van der Waals surface area (Å²) < 4.78 is 0. The van der Waals surface area contributed by atoms with Crippen molar-refractivity contribution in [3.8, 4) is 0 Å². The van der Waals surface area contributed by atoms with E-state index in [2.05, 4.69) is 5.32 Å². The van der Waals surface area contributed by atoms with Gasteiger partial charge in [-0.25, -0.2) is 0 Å². The number of nitrogens with one attached hydrogen (secondary N) is 1. The molecule has 0 aromatic heterocycles. The van der Waals surface area contributed by atoms with Gasteiger partial charge in [0.05, 0.1) is 5.92 Å². The van der Waals surface area contributed by atoms with Crippen LogP contribution >= 0.6 is 0 Å². The molecule has 20 heavy (non-hydrogen) atoms. The quantitative estimate of drug-likeness (QED) is 0.915. The largest absolute Gasteiger partial charge is 0.353 e. The van der Waals surface area contributed by atoms with E-state index in [9.17, 15) is 9.59 Å². The number of carbonyl (C=O) groups is 2. The van der Waals surface area contributed by atoms with Gasteiger partial charge in [-0.3, -0.25) is 9.59 Å². The Kier molecular flexibility index (Phi) is 4.42. The molecule has 1 aliphatic heterocycles. The Morgan fingerprint density at radius 2 is 2.25 bits per heavy atom. The highest BCUT2D eigenvalue weighted by Crippen LogP contribution is 2.25. The first-order chi connectivity index (χ1) is 9.51. The Morgan fingerprint density at radius 1 is 1.50 bits per heavy atom. The van der Waals surface area contributed by atoms with Gasteiger partial charge >= 0.3 is 0 Å². The minimum absolute atomic E-state index is 0.0112. The predicted octanol–water partition coefficient (Wildman–Crippen LogP) is 2.26. The maximum Gasteiger partial charge on any atom is 0.227 e. The molecular weight excluding hydrogens is 252 g/mol. The Balaban J connectivity index is 2.05. The summed E-state index contributed by atoms with van der Waals surface area (Å²) in [6.45, 7) is 6.48. The van der Waals surface area contributed by atoms with Gasteiger partial charge in [-0.2, -0.15) is 0 Å². The van der Waals surface area contributed by atoms with E-state index in [1.165, 1.54) is 0 Å². The zero-order valence-corrected chi connectivity index (χ0v) is 12.3. The fourth-order valence-corrected chi connectivity index (χ4v) is 2.39. The maximum absolute atomic E-state index is 12.1. The van der Waals surface area contributed by atoms with Crippen molar-refractivity contribution in [2.75, 3.05) is 11.4 Å². The number of hydrogen-bond acceptors (Lipinski definition) is 2. The third-order valence-corrected chi connectivity index (χ3v) is 3.81. The lowest BCUT2D eigenvalue weighted by Gasteiger charge is -2.18. The zero-order chi connectivity index (χ0) is 14.7. The van der Waals surface area contributed by atoms with Crippen molar-refractivity contribution < 1.29 is 9.59 Å². The molecule has 2 atom stereocenters. The number of carbonyl (C=O) groups excluding carboxylic acids is 2. The SMILES string of the molecule is CC[C@@H](C)NC(=O)[C@@H]1CC(=O)N(c2cccc(C)c2)C1. The van der Waals surface area contributed by atoms with E-state index in [4.69, 9.17) is 0 Å². The summed E-state index contributed by atoms with van der Waals surface area (Å²) in [4.78, 5) is 25.9. The topological polar surface area (TPSA) is 49.4 Å². The number of rotatable bonds is 4. The van der Waals surface area contributed by atoms with E-state index in [0.717, 1.165) is 17.7 Å². The summed E-state index contributed by atoms with van der Waals surface area (Å²) in [5.41, 5.74) is 2.00. The molecular formula is C16H22N2O2. The van der Waals surface area contributed by atoms with Crippen molar-refractivity contribution in [1.82, 2.24) is 5.32 Å². The minimum Gasteiger partial charge on any atom is -0.353 e. The van der Waals surface area contributed by atoms with E-state index in [-0.39, 0.29) is 23.8 Å². The highest BCUT2D eigenvalue weighted by molar-refractivity contribution is 6.00. The van der Waals surface area contributed by atoms with Crippen LogP contribution in [-0.2, 0) is 9.59 Å². The first kappa shape index (κ1) is 14.6. The fraction of sp³-hybridized carbons (Fsp3) is 0.500. The monoisotopic (exact) mass is 274 g/mol. The van der Waals surface area contributed by atoms with Crippen molar-refractivity contribution in [1.29, 1.82) is 0 Å². The second kappa shape index (κ2) is 6.07. The van der Waals surface area contributed by atoms with Gasteiger partial charge in [-0.15, -0.1) is 0 Å². The molecule has 1 aliphatic rings. The van der Waals surface area contributed by atoms with Gasteiger partial charge in [-0.05, 0) is 38.0 Å². The molecule has 4 nitrogen and oxygen atoms in total. The van der Waals surface area contributed by atoms with Gasteiger partial charge < -0.3 is 10.2 Å². The van der Waals surface area contributed by atoms with Gasteiger partial charge in [0.2, 0.25) is 11.8 Å². The van der Waals surface area contributed by atoms with E-state index in [1.807, 2.05) is 45.0 Å². The van der Waals surface area contributed by atoms with Gasteiger partial charge in [0, 0.05) is 24.7 Å². The van der Waals surface area contributed by atoms with Crippen molar-refractivity contribution in [3.05, 3.63) is 29.8 Å². The molecule has 0 saturated carbocycles. The van der Waals surface area contributed by atoms with Crippen LogP contribution < -0.4 is 10.2 Å². The van der Waals surface area contributed by atoms with Gasteiger partial charge in [0.1, 0.15) is 0 Å². The Bertz CT molecular complexity index is 513. The molecule has 1 aromatic rings. The molecule has 0 radical (unpaired) electrons. The van der Waals surface area contributed by atoms with Crippen LogP contribution in [0.15, 0.2) is 24.3 Å².